The number of hydrogen-bond acceptors (Lipinski definition) is 5. The van der Waals surface area contributed by atoms with Crippen molar-refractivity contribution < 1.29 is 27.0 Å². The predicted molar refractivity (Wildman–Crippen MR) is 75.8 cm³/mol. The first-order valence-corrected chi connectivity index (χ1v) is 8.27. The highest BCUT2D eigenvalue weighted by atomic mass is 32.2. The Labute approximate surface area is 121 Å². The van der Waals surface area contributed by atoms with Crippen LogP contribution in [0.15, 0.2) is 12.2 Å². The van der Waals surface area contributed by atoms with Gasteiger partial charge < -0.3 is 9.29 Å². The van der Waals surface area contributed by atoms with Crippen LogP contribution in [0.2, 0.25) is 0 Å². The average Bonchev–Trinajstić information content (AvgIpc) is 2.36. The van der Waals surface area contributed by atoms with Gasteiger partial charge in [-0.2, -0.15) is 0 Å². The van der Waals surface area contributed by atoms with E-state index in [4.69, 9.17) is 4.74 Å². The summed E-state index contributed by atoms with van der Waals surface area (Å²) in [5.41, 5.74) is 0.324. The molecule has 0 fully saturated rings. The van der Waals surface area contributed by atoms with Crippen molar-refractivity contribution in [2.75, 3.05) is 25.6 Å². The van der Waals surface area contributed by atoms with Gasteiger partial charge in [-0.3, -0.25) is 4.48 Å². The Balaban J connectivity index is 4.81. The summed E-state index contributed by atoms with van der Waals surface area (Å²) in [4.78, 5) is 11.5. The molecule has 0 aromatic heterocycles. The molecule has 6 nitrogen and oxygen atoms in total. The highest BCUT2D eigenvalue weighted by Crippen LogP contribution is 2.18. The van der Waals surface area contributed by atoms with Crippen molar-refractivity contribution in [2.24, 2.45) is 0 Å². The molecule has 0 aromatic carbocycles. The zero-order chi connectivity index (χ0) is 16.0. The van der Waals surface area contributed by atoms with Crippen LogP contribution in [0.1, 0.15) is 34.1 Å². The monoisotopic (exact) mass is 307 g/mol. The quantitative estimate of drug-likeness (QED) is 0.210. The van der Waals surface area contributed by atoms with E-state index in [1.165, 1.54) is 0 Å². The Bertz CT molecular complexity index is 440. The van der Waals surface area contributed by atoms with Gasteiger partial charge in [0.15, 0.2) is 0 Å². The predicted octanol–water partition coefficient (Wildman–Crippen LogP) is 1.24. The van der Waals surface area contributed by atoms with Crippen molar-refractivity contribution in [3.05, 3.63) is 12.2 Å². The molecule has 0 aliphatic carbocycles. The second-order valence-electron chi connectivity index (χ2n) is 5.09. The standard InChI is InChI=1S/C13H25NO5S/c1-6-14(7-2,10-19-13(15)11(3)4)12(5)8-9-20(16,17)18/h12H,3,6-10H2,1-2,4-5H3. The third-order valence-corrected chi connectivity index (χ3v) is 4.52. The van der Waals surface area contributed by atoms with Crippen molar-refractivity contribution in [2.45, 2.75) is 40.2 Å². The van der Waals surface area contributed by atoms with Gasteiger partial charge in [-0.1, -0.05) is 6.58 Å². The molecule has 0 aliphatic heterocycles. The molecule has 0 heterocycles. The number of carbonyl (C=O) groups excluding carboxylic acids is 1. The zero-order valence-electron chi connectivity index (χ0n) is 12.7. The Morgan fingerprint density at radius 2 is 1.85 bits per heavy atom. The number of rotatable bonds is 9. The van der Waals surface area contributed by atoms with E-state index in [1.807, 2.05) is 20.8 Å². The molecular weight excluding hydrogens is 282 g/mol. The van der Waals surface area contributed by atoms with E-state index in [0.717, 1.165) is 0 Å². The molecule has 1 atom stereocenters. The molecule has 0 rings (SSSR count). The van der Waals surface area contributed by atoms with Gasteiger partial charge in [0.2, 0.25) is 6.73 Å². The van der Waals surface area contributed by atoms with E-state index in [0.29, 0.717) is 23.1 Å². The first-order chi connectivity index (χ1) is 9.08. The fourth-order valence-corrected chi connectivity index (χ4v) is 2.69. The summed E-state index contributed by atoms with van der Waals surface area (Å²) >= 11 is 0. The highest BCUT2D eigenvalue weighted by Gasteiger charge is 2.32. The number of ether oxygens (including phenoxy) is 1. The summed E-state index contributed by atoms with van der Waals surface area (Å²) < 4.78 is 37.8. The van der Waals surface area contributed by atoms with Crippen molar-refractivity contribution in [3.63, 3.8) is 0 Å². The minimum Gasteiger partial charge on any atom is -0.748 e. The van der Waals surface area contributed by atoms with Gasteiger partial charge in [0, 0.05) is 17.7 Å². The number of esters is 1. The first-order valence-electron chi connectivity index (χ1n) is 6.70. The molecule has 0 aromatic rings. The Morgan fingerprint density at radius 1 is 1.35 bits per heavy atom. The summed E-state index contributed by atoms with van der Waals surface area (Å²) in [6.45, 7) is 12.4. The lowest BCUT2D eigenvalue weighted by atomic mass is 10.1. The van der Waals surface area contributed by atoms with Crippen LogP contribution in [-0.2, 0) is 19.6 Å². The van der Waals surface area contributed by atoms with Crippen molar-refractivity contribution in [3.8, 4) is 0 Å². The molecule has 0 aliphatic rings. The highest BCUT2D eigenvalue weighted by molar-refractivity contribution is 7.85. The van der Waals surface area contributed by atoms with E-state index in [1.54, 1.807) is 6.92 Å². The fourth-order valence-electron chi connectivity index (χ4n) is 2.06. The topological polar surface area (TPSA) is 83.5 Å². The lowest BCUT2D eigenvalue weighted by Gasteiger charge is -2.41. The zero-order valence-corrected chi connectivity index (χ0v) is 13.5. The summed E-state index contributed by atoms with van der Waals surface area (Å²) in [5.74, 6) is -0.860. The lowest BCUT2D eigenvalue weighted by Crippen LogP contribution is -2.56. The van der Waals surface area contributed by atoms with Gasteiger partial charge in [-0.05, 0) is 27.7 Å². The summed E-state index contributed by atoms with van der Waals surface area (Å²) in [6.07, 6.45) is 0.248. The molecule has 1 unspecified atom stereocenters. The SMILES string of the molecule is C=C(C)C(=O)OC[N+](CC)(CC)C(C)CCS(=O)(=O)[O-]. The van der Waals surface area contributed by atoms with Gasteiger partial charge in [0.05, 0.1) is 29.2 Å². The lowest BCUT2D eigenvalue weighted by molar-refractivity contribution is -0.961. The van der Waals surface area contributed by atoms with E-state index < -0.39 is 21.8 Å². The second kappa shape index (κ2) is 7.75. The molecule has 0 radical (unpaired) electrons. The van der Waals surface area contributed by atoms with Crippen LogP contribution in [0.25, 0.3) is 0 Å². The number of nitrogens with zero attached hydrogens (tertiary/aromatic N) is 1. The normalized spacial score (nSPS) is 13.8. The average molecular weight is 307 g/mol. The van der Waals surface area contributed by atoms with Gasteiger partial charge in [-0.25, -0.2) is 13.2 Å². The van der Waals surface area contributed by atoms with Gasteiger partial charge >= 0.3 is 5.97 Å². The van der Waals surface area contributed by atoms with Gasteiger partial charge in [-0.15, -0.1) is 0 Å². The maximum Gasteiger partial charge on any atom is 0.337 e. The van der Waals surface area contributed by atoms with Crippen molar-refractivity contribution >= 4 is 16.1 Å². The minimum absolute atomic E-state index is 0.0911. The molecule has 118 valence electrons. The van der Waals surface area contributed by atoms with Crippen LogP contribution in [0.4, 0.5) is 0 Å². The van der Waals surface area contributed by atoms with Crippen LogP contribution in [0.3, 0.4) is 0 Å². The third kappa shape index (κ3) is 6.02. The molecule has 0 N–H and O–H groups in total. The number of carbonyl (C=O) groups is 1. The number of quaternary nitrogens is 1. The summed E-state index contributed by atoms with van der Waals surface area (Å²) in [5, 5.41) is 0. The molecule has 0 saturated carbocycles. The molecule has 20 heavy (non-hydrogen) atoms. The molecule has 0 saturated heterocycles. The molecular formula is C13H25NO5S. The van der Waals surface area contributed by atoms with Crippen LogP contribution in [-0.4, -0.2) is 55.0 Å². The van der Waals surface area contributed by atoms with E-state index in [-0.39, 0.29) is 19.2 Å². The van der Waals surface area contributed by atoms with Crippen LogP contribution >= 0.6 is 0 Å². The third-order valence-electron chi connectivity index (χ3n) is 3.78. The van der Waals surface area contributed by atoms with Gasteiger partial charge in [0.25, 0.3) is 0 Å². The molecule has 0 bridgehead atoms. The smallest absolute Gasteiger partial charge is 0.337 e. The number of hydrogen-bond donors (Lipinski definition) is 0. The van der Waals surface area contributed by atoms with E-state index >= 15 is 0 Å². The maximum absolute atomic E-state index is 11.5. The van der Waals surface area contributed by atoms with Crippen molar-refractivity contribution in [1.82, 2.24) is 0 Å². The largest absolute Gasteiger partial charge is 0.748 e. The first kappa shape index (κ1) is 19.1. The Kier molecular flexibility index (Phi) is 7.40. The van der Waals surface area contributed by atoms with Crippen molar-refractivity contribution in [1.29, 1.82) is 0 Å². The Morgan fingerprint density at radius 3 is 2.20 bits per heavy atom. The van der Waals surface area contributed by atoms with E-state index in [2.05, 4.69) is 6.58 Å². The van der Waals surface area contributed by atoms with Crippen LogP contribution < -0.4 is 0 Å². The minimum atomic E-state index is -4.22. The second-order valence-corrected chi connectivity index (χ2v) is 6.62. The van der Waals surface area contributed by atoms with Gasteiger partial charge in [0.1, 0.15) is 0 Å². The fraction of sp³-hybridized carbons (Fsp3) is 0.769. The van der Waals surface area contributed by atoms with Crippen LogP contribution in [0.5, 0.6) is 0 Å². The summed E-state index contributed by atoms with van der Waals surface area (Å²) in [6, 6.07) is -0.0911. The van der Waals surface area contributed by atoms with Crippen LogP contribution in [0, 0.1) is 0 Å². The Hall–Kier alpha value is -0.920. The molecule has 0 amide bonds. The summed E-state index contributed by atoms with van der Waals surface area (Å²) in [7, 11) is -4.22. The maximum atomic E-state index is 11.5. The molecule has 7 heteroatoms. The molecule has 0 spiro atoms. The van der Waals surface area contributed by atoms with E-state index in [9.17, 15) is 17.8 Å².